The van der Waals surface area contributed by atoms with E-state index in [2.05, 4.69) is 22.3 Å². The molecule has 1 fully saturated rings. The highest BCUT2D eigenvalue weighted by atomic mass is 35.5. The van der Waals surface area contributed by atoms with Gasteiger partial charge in [0.05, 0.1) is 6.54 Å². The van der Waals surface area contributed by atoms with Crippen LogP contribution in [0.3, 0.4) is 0 Å². The van der Waals surface area contributed by atoms with Crippen LogP contribution in [0.15, 0.2) is 48.5 Å². The molecule has 2 atom stereocenters. The highest BCUT2D eigenvalue weighted by Crippen LogP contribution is 2.31. The number of carbonyl (C=O) groups excluding carboxylic acids is 1. The Labute approximate surface area is 164 Å². The quantitative estimate of drug-likeness (QED) is 0.790. The fourth-order valence-corrected chi connectivity index (χ4v) is 3.58. The van der Waals surface area contributed by atoms with Crippen molar-refractivity contribution < 1.29 is 13.6 Å². The molecule has 1 aliphatic heterocycles. The molecule has 0 aliphatic carbocycles. The minimum atomic E-state index is -0.648. The first-order valence-electron chi connectivity index (χ1n) is 8.74. The zero-order valence-corrected chi connectivity index (χ0v) is 15.7. The number of halogens is 3. The Hall–Kier alpha value is -2.02. The van der Waals surface area contributed by atoms with E-state index < -0.39 is 11.6 Å². The number of nitrogens with zero attached hydrogens (tertiary/aromatic N) is 1. The van der Waals surface area contributed by atoms with Crippen molar-refractivity contribution >= 4 is 18.3 Å². The zero-order valence-electron chi connectivity index (χ0n) is 14.9. The van der Waals surface area contributed by atoms with E-state index in [0.29, 0.717) is 23.9 Å². The summed E-state index contributed by atoms with van der Waals surface area (Å²) < 4.78 is 26.4. The lowest BCUT2D eigenvalue weighted by atomic mass is 9.89. The lowest BCUT2D eigenvalue weighted by Crippen LogP contribution is -2.36. The van der Waals surface area contributed by atoms with Gasteiger partial charge in [-0.2, -0.15) is 0 Å². The summed E-state index contributed by atoms with van der Waals surface area (Å²) >= 11 is 0. The molecule has 0 bridgehead atoms. The van der Waals surface area contributed by atoms with Gasteiger partial charge in [0, 0.05) is 31.6 Å². The number of amides is 1. The van der Waals surface area contributed by atoms with Crippen molar-refractivity contribution in [1.82, 2.24) is 10.2 Å². The van der Waals surface area contributed by atoms with Gasteiger partial charge in [-0.3, -0.25) is 9.69 Å². The van der Waals surface area contributed by atoms with Gasteiger partial charge in [-0.25, -0.2) is 8.78 Å². The number of likely N-dealkylation sites (tertiary alicyclic amines) is 1. The molecule has 0 saturated carbocycles. The van der Waals surface area contributed by atoms with Crippen LogP contribution >= 0.6 is 12.4 Å². The molecule has 0 radical (unpaired) electrons. The molecule has 0 aromatic heterocycles. The van der Waals surface area contributed by atoms with Gasteiger partial charge in [-0.1, -0.05) is 30.3 Å². The van der Waals surface area contributed by atoms with Crippen molar-refractivity contribution in [3.63, 3.8) is 0 Å². The second kappa shape index (κ2) is 9.78. The largest absolute Gasteiger partial charge is 0.351 e. The normalized spacial score (nSPS) is 19.5. The Bertz CT molecular complexity index is 740. The topological polar surface area (TPSA) is 58.4 Å². The number of hydrogen-bond acceptors (Lipinski definition) is 3. The first-order valence-corrected chi connectivity index (χ1v) is 8.74. The van der Waals surface area contributed by atoms with Gasteiger partial charge in [0.1, 0.15) is 11.6 Å². The summed E-state index contributed by atoms with van der Waals surface area (Å²) in [5, 5.41) is 2.72. The molecule has 1 heterocycles. The van der Waals surface area contributed by atoms with E-state index in [1.165, 1.54) is 17.7 Å². The van der Waals surface area contributed by atoms with Gasteiger partial charge >= 0.3 is 0 Å². The maximum absolute atomic E-state index is 13.2. The van der Waals surface area contributed by atoms with Crippen LogP contribution in [0.1, 0.15) is 17.0 Å². The van der Waals surface area contributed by atoms with Crippen LogP contribution in [-0.2, 0) is 11.3 Å². The summed E-state index contributed by atoms with van der Waals surface area (Å²) in [6.07, 6.45) is 0. The molecule has 2 aromatic carbocycles. The highest BCUT2D eigenvalue weighted by molar-refractivity contribution is 5.85. The zero-order chi connectivity index (χ0) is 18.5. The summed E-state index contributed by atoms with van der Waals surface area (Å²) in [6, 6.07) is 13.4. The molecule has 0 unspecified atom stereocenters. The van der Waals surface area contributed by atoms with Crippen molar-refractivity contribution in [2.75, 3.05) is 26.2 Å². The fourth-order valence-electron chi connectivity index (χ4n) is 3.58. The molecule has 2 aromatic rings. The number of rotatable bonds is 6. The van der Waals surface area contributed by atoms with E-state index in [4.69, 9.17) is 5.73 Å². The maximum Gasteiger partial charge on any atom is 0.234 e. The predicted octanol–water partition coefficient (Wildman–Crippen LogP) is 2.68. The molecule has 146 valence electrons. The van der Waals surface area contributed by atoms with E-state index in [0.717, 1.165) is 19.2 Å². The van der Waals surface area contributed by atoms with Gasteiger partial charge in [0.15, 0.2) is 0 Å². The van der Waals surface area contributed by atoms with Crippen LogP contribution in [0.4, 0.5) is 8.78 Å². The van der Waals surface area contributed by atoms with Gasteiger partial charge in [-0.15, -0.1) is 12.4 Å². The Morgan fingerprint density at radius 1 is 1.11 bits per heavy atom. The minimum absolute atomic E-state index is 0. The molecule has 1 saturated heterocycles. The Morgan fingerprint density at radius 2 is 1.78 bits per heavy atom. The van der Waals surface area contributed by atoms with E-state index in [9.17, 15) is 13.6 Å². The number of nitrogens with one attached hydrogen (secondary N) is 1. The summed E-state index contributed by atoms with van der Waals surface area (Å²) in [4.78, 5) is 14.3. The third kappa shape index (κ3) is 5.73. The minimum Gasteiger partial charge on any atom is -0.351 e. The molecule has 4 nitrogen and oxygen atoms in total. The first-order chi connectivity index (χ1) is 12.5. The Balaban J connectivity index is 0.00000261. The van der Waals surface area contributed by atoms with Crippen LogP contribution in [0.25, 0.3) is 0 Å². The lowest BCUT2D eigenvalue weighted by molar-refractivity contribution is -0.122. The van der Waals surface area contributed by atoms with Crippen molar-refractivity contribution in [2.45, 2.75) is 12.5 Å². The van der Waals surface area contributed by atoms with E-state index in [-0.39, 0.29) is 31.4 Å². The molecule has 1 aliphatic rings. The first kappa shape index (κ1) is 21.3. The van der Waals surface area contributed by atoms with E-state index in [1.54, 1.807) is 0 Å². The molecule has 0 spiro atoms. The lowest BCUT2D eigenvalue weighted by Gasteiger charge is -2.16. The molecule has 7 heteroatoms. The molecule has 3 N–H and O–H groups in total. The average molecular weight is 396 g/mol. The molecule has 3 rings (SSSR count). The van der Waals surface area contributed by atoms with Crippen molar-refractivity contribution in [2.24, 2.45) is 11.7 Å². The van der Waals surface area contributed by atoms with Gasteiger partial charge in [-0.05, 0) is 35.7 Å². The van der Waals surface area contributed by atoms with Crippen LogP contribution in [0, 0.1) is 17.6 Å². The van der Waals surface area contributed by atoms with Crippen molar-refractivity contribution in [1.29, 1.82) is 0 Å². The Kier molecular flexibility index (Phi) is 7.71. The van der Waals surface area contributed by atoms with Gasteiger partial charge in [0.25, 0.3) is 0 Å². The standard InChI is InChI=1S/C20H23F2N3O.ClH/c21-17-6-14(7-18(22)8-17)10-24-20(26)13-25-11-16(9-23)19(12-25)15-4-2-1-3-5-15;/h1-8,16,19H,9-13,23H2,(H,24,26);1H/t16-,19+;/m1./s1. The number of benzene rings is 2. The second-order valence-electron chi connectivity index (χ2n) is 6.76. The SMILES string of the molecule is Cl.NC[C@@H]1CN(CC(=O)NCc2cc(F)cc(F)c2)C[C@H]1c1ccccc1. The van der Waals surface area contributed by atoms with Crippen molar-refractivity contribution in [3.8, 4) is 0 Å². The van der Waals surface area contributed by atoms with Gasteiger partial charge in [0.2, 0.25) is 5.91 Å². The smallest absolute Gasteiger partial charge is 0.234 e. The molecular formula is C20H24ClF2N3O. The van der Waals surface area contributed by atoms with Crippen LogP contribution < -0.4 is 11.1 Å². The van der Waals surface area contributed by atoms with Crippen LogP contribution in [0.5, 0.6) is 0 Å². The summed E-state index contributed by atoms with van der Waals surface area (Å²) in [6.45, 7) is 2.45. The third-order valence-corrected chi connectivity index (χ3v) is 4.83. The number of hydrogen-bond donors (Lipinski definition) is 2. The maximum atomic E-state index is 13.2. The second-order valence-corrected chi connectivity index (χ2v) is 6.76. The van der Waals surface area contributed by atoms with E-state index >= 15 is 0 Å². The summed E-state index contributed by atoms with van der Waals surface area (Å²) in [7, 11) is 0. The predicted molar refractivity (Wildman–Crippen MR) is 104 cm³/mol. The monoisotopic (exact) mass is 395 g/mol. The fraction of sp³-hybridized carbons (Fsp3) is 0.350. The average Bonchev–Trinajstić information content (AvgIpc) is 3.03. The highest BCUT2D eigenvalue weighted by Gasteiger charge is 2.33. The van der Waals surface area contributed by atoms with Crippen molar-refractivity contribution in [3.05, 3.63) is 71.3 Å². The molecular weight excluding hydrogens is 372 g/mol. The van der Waals surface area contributed by atoms with Crippen LogP contribution in [0.2, 0.25) is 0 Å². The van der Waals surface area contributed by atoms with Crippen LogP contribution in [-0.4, -0.2) is 37.0 Å². The summed E-state index contributed by atoms with van der Waals surface area (Å²) in [5.41, 5.74) is 7.56. The summed E-state index contributed by atoms with van der Waals surface area (Å²) in [5.74, 6) is -0.844. The molecule has 27 heavy (non-hydrogen) atoms. The van der Waals surface area contributed by atoms with Gasteiger partial charge < -0.3 is 11.1 Å². The Morgan fingerprint density at radius 3 is 2.41 bits per heavy atom. The number of carbonyl (C=O) groups is 1. The van der Waals surface area contributed by atoms with E-state index in [1.807, 2.05) is 18.2 Å². The number of nitrogens with two attached hydrogens (primary N) is 1. The molecule has 1 amide bonds. The third-order valence-electron chi connectivity index (χ3n) is 4.83.